The van der Waals surface area contributed by atoms with Crippen LogP contribution in [-0.2, 0) is 10.8 Å². The second kappa shape index (κ2) is 11.1. The van der Waals surface area contributed by atoms with E-state index >= 15 is 0 Å². The molecule has 0 aromatic heterocycles. The van der Waals surface area contributed by atoms with Gasteiger partial charge in [0.1, 0.15) is 0 Å². The minimum Gasteiger partial charge on any atom is -0.407 e. The van der Waals surface area contributed by atoms with Crippen LogP contribution in [0.4, 0.5) is 0 Å². The van der Waals surface area contributed by atoms with Gasteiger partial charge in [-0.1, -0.05) is 112 Å². The van der Waals surface area contributed by atoms with Gasteiger partial charge in [-0.05, 0) is 46.7 Å². The number of alkyl halides is 1. The number of benzene rings is 3. The lowest BCUT2D eigenvalue weighted by molar-refractivity contribution is 0.286. The first-order valence-electron chi connectivity index (χ1n) is 11.4. The van der Waals surface area contributed by atoms with E-state index in [4.69, 9.17) is 16.0 Å². The number of hydrogen-bond acceptors (Lipinski definition) is 1. The Kier molecular flexibility index (Phi) is 8.54. The van der Waals surface area contributed by atoms with Gasteiger partial charge in [0.25, 0.3) is 8.32 Å². The Balaban J connectivity index is 1.67. The summed E-state index contributed by atoms with van der Waals surface area (Å²) < 4.78 is 6.96. The van der Waals surface area contributed by atoms with E-state index in [1.807, 2.05) is 0 Å². The van der Waals surface area contributed by atoms with Crippen LogP contribution < -0.4 is 10.4 Å². The van der Waals surface area contributed by atoms with Crippen LogP contribution in [0, 0.1) is 0 Å². The first-order valence-corrected chi connectivity index (χ1v) is 13.7. The molecule has 0 aliphatic heterocycles. The molecule has 0 aliphatic carbocycles. The zero-order valence-corrected chi connectivity index (χ0v) is 20.8. The van der Waals surface area contributed by atoms with Crippen molar-refractivity contribution >= 4 is 30.3 Å². The Bertz CT molecular complexity index is 851. The first-order chi connectivity index (χ1) is 14.9. The average Bonchev–Trinajstić information content (AvgIpc) is 2.77. The molecule has 3 rings (SSSR count). The number of unbranched alkanes of at least 4 members (excludes halogenated alkanes) is 1. The van der Waals surface area contributed by atoms with Gasteiger partial charge in [-0.25, -0.2) is 0 Å². The minimum atomic E-state index is -2.42. The fourth-order valence-corrected chi connectivity index (χ4v) is 9.37. The number of rotatable bonds is 10. The average molecular weight is 451 g/mol. The highest BCUT2D eigenvalue weighted by molar-refractivity contribution is 6.99. The Morgan fingerprint density at radius 3 is 1.71 bits per heavy atom. The predicted octanol–water partition coefficient (Wildman–Crippen LogP) is 6.58. The second-order valence-electron chi connectivity index (χ2n) is 9.29. The van der Waals surface area contributed by atoms with E-state index in [9.17, 15) is 0 Å². The highest BCUT2D eigenvalue weighted by Gasteiger charge is 2.49. The summed E-state index contributed by atoms with van der Waals surface area (Å²) in [5.41, 5.74) is 1.31. The van der Waals surface area contributed by atoms with Crippen molar-refractivity contribution in [2.45, 2.75) is 56.9 Å². The van der Waals surface area contributed by atoms with Crippen LogP contribution in [-0.4, -0.2) is 20.3 Å². The molecule has 1 unspecified atom stereocenters. The Morgan fingerprint density at radius 2 is 1.23 bits per heavy atom. The van der Waals surface area contributed by atoms with Gasteiger partial charge in [0.2, 0.25) is 0 Å². The van der Waals surface area contributed by atoms with E-state index in [-0.39, 0.29) is 10.4 Å². The van der Waals surface area contributed by atoms with Crippen LogP contribution in [0.25, 0.3) is 0 Å². The maximum Gasteiger partial charge on any atom is 0.261 e. The molecule has 3 heteroatoms. The molecule has 0 bridgehead atoms. The molecule has 0 amide bonds. The van der Waals surface area contributed by atoms with Crippen molar-refractivity contribution in [3.05, 3.63) is 96.6 Å². The molecule has 0 fully saturated rings. The van der Waals surface area contributed by atoms with Gasteiger partial charge in [0.15, 0.2) is 0 Å². The van der Waals surface area contributed by atoms with Crippen molar-refractivity contribution in [2.75, 3.05) is 6.61 Å². The van der Waals surface area contributed by atoms with Crippen molar-refractivity contribution in [1.82, 2.24) is 0 Å². The van der Waals surface area contributed by atoms with Crippen molar-refractivity contribution in [1.29, 1.82) is 0 Å². The maximum atomic E-state index is 6.96. The van der Waals surface area contributed by atoms with Crippen LogP contribution in [0.2, 0.25) is 5.04 Å². The lowest BCUT2D eigenvalue weighted by Gasteiger charge is -2.43. The van der Waals surface area contributed by atoms with Gasteiger partial charge in [-0.2, -0.15) is 0 Å². The molecule has 164 valence electrons. The smallest absolute Gasteiger partial charge is 0.261 e. The summed E-state index contributed by atoms with van der Waals surface area (Å²) in [6.45, 7) is 7.75. The predicted molar refractivity (Wildman–Crippen MR) is 137 cm³/mol. The van der Waals surface area contributed by atoms with E-state index in [1.54, 1.807) is 0 Å². The minimum absolute atomic E-state index is 0.0258. The normalized spacial score (nSPS) is 13.2. The van der Waals surface area contributed by atoms with Crippen molar-refractivity contribution in [3.8, 4) is 0 Å². The van der Waals surface area contributed by atoms with Gasteiger partial charge in [-0.3, -0.25) is 0 Å². The third-order valence-electron chi connectivity index (χ3n) is 5.95. The van der Waals surface area contributed by atoms with E-state index in [2.05, 4.69) is 112 Å². The molecular formula is C28H35ClOSi. The van der Waals surface area contributed by atoms with Crippen molar-refractivity contribution < 1.29 is 4.43 Å². The zero-order chi connectivity index (χ0) is 22.2. The molecule has 0 saturated heterocycles. The third kappa shape index (κ3) is 6.09. The summed E-state index contributed by atoms with van der Waals surface area (Å²) in [6.07, 6.45) is 4.06. The highest BCUT2D eigenvalue weighted by atomic mass is 35.5. The molecule has 0 spiro atoms. The van der Waals surface area contributed by atoms with Gasteiger partial charge in [0.05, 0.1) is 0 Å². The summed E-state index contributed by atoms with van der Waals surface area (Å²) in [6, 6.07) is 32.2. The molecule has 3 aromatic carbocycles. The summed E-state index contributed by atoms with van der Waals surface area (Å²) in [4.78, 5) is 0. The van der Waals surface area contributed by atoms with E-state index < -0.39 is 8.32 Å². The van der Waals surface area contributed by atoms with Crippen LogP contribution in [0.1, 0.15) is 45.6 Å². The van der Waals surface area contributed by atoms with Crippen molar-refractivity contribution in [2.24, 2.45) is 0 Å². The first kappa shape index (κ1) is 23.8. The van der Waals surface area contributed by atoms with Crippen molar-refractivity contribution in [3.63, 3.8) is 0 Å². The topological polar surface area (TPSA) is 9.23 Å². The molecule has 1 nitrogen and oxygen atoms in total. The Morgan fingerprint density at radius 1 is 0.742 bits per heavy atom. The fraction of sp³-hybridized carbons (Fsp3) is 0.357. The SMILES string of the molecule is CC(C)(C)[Si](OCCCCC(Cl)Cc1ccccc1)(c1ccccc1)c1ccccc1. The molecule has 0 saturated carbocycles. The summed E-state index contributed by atoms with van der Waals surface area (Å²) in [5, 5.41) is 2.88. The lowest BCUT2D eigenvalue weighted by atomic mass is 10.1. The van der Waals surface area contributed by atoms with E-state index in [1.165, 1.54) is 15.9 Å². The Hall–Kier alpha value is -1.87. The summed E-state index contributed by atoms with van der Waals surface area (Å²) in [7, 11) is -2.42. The van der Waals surface area contributed by atoms with Crippen LogP contribution >= 0.6 is 11.6 Å². The van der Waals surface area contributed by atoms with E-state index in [0.29, 0.717) is 0 Å². The zero-order valence-electron chi connectivity index (χ0n) is 19.1. The quantitative estimate of drug-likeness (QED) is 0.192. The molecule has 3 aromatic rings. The van der Waals surface area contributed by atoms with Gasteiger partial charge >= 0.3 is 0 Å². The molecular weight excluding hydrogens is 416 g/mol. The molecule has 31 heavy (non-hydrogen) atoms. The molecule has 0 heterocycles. The van der Waals surface area contributed by atoms with Crippen LogP contribution in [0.15, 0.2) is 91.0 Å². The highest BCUT2D eigenvalue weighted by Crippen LogP contribution is 2.36. The largest absolute Gasteiger partial charge is 0.407 e. The van der Waals surface area contributed by atoms with Gasteiger partial charge in [0, 0.05) is 12.0 Å². The standard InChI is InChI=1S/C28H35ClOSi/c1-28(2,3)31(26-18-9-5-10-19-26,27-20-11-6-12-21-27)30-22-14-13-17-25(29)23-24-15-7-4-8-16-24/h4-12,15-16,18-21,25H,13-14,17,22-23H2,1-3H3. The van der Waals surface area contributed by atoms with Crippen LogP contribution in [0.5, 0.6) is 0 Å². The number of halogens is 1. The fourth-order valence-electron chi connectivity index (χ4n) is 4.43. The molecule has 0 N–H and O–H groups in total. The van der Waals surface area contributed by atoms with Gasteiger partial charge < -0.3 is 4.43 Å². The third-order valence-corrected chi connectivity index (χ3v) is 11.4. The maximum absolute atomic E-state index is 6.96. The summed E-state index contributed by atoms with van der Waals surface area (Å²) in [5.74, 6) is 0. The monoisotopic (exact) mass is 450 g/mol. The second-order valence-corrected chi connectivity index (χ2v) is 14.2. The van der Waals surface area contributed by atoms with Crippen LogP contribution in [0.3, 0.4) is 0 Å². The molecule has 0 aliphatic rings. The molecule has 0 radical (unpaired) electrons. The summed E-state index contributed by atoms with van der Waals surface area (Å²) >= 11 is 6.62. The number of hydrogen-bond donors (Lipinski definition) is 0. The van der Waals surface area contributed by atoms with Gasteiger partial charge in [-0.15, -0.1) is 11.6 Å². The lowest BCUT2D eigenvalue weighted by Crippen LogP contribution is -2.66. The van der Waals surface area contributed by atoms with E-state index in [0.717, 1.165) is 32.3 Å². The molecule has 1 atom stereocenters. The Labute approximate surface area is 194 Å².